The molecular weight excluding hydrogens is 284 g/mol. The van der Waals surface area contributed by atoms with Crippen LogP contribution < -0.4 is 9.47 Å². The number of carbonyl (C=O) groups is 1. The Morgan fingerprint density at radius 2 is 1.80 bits per heavy atom. The van der Waals surface area contributed by atoms with Crippen molar-refractivity contribution in [1.82, 2.24) is 0 Å². The van der Waals surface area contributed by atoms with Crippen LogP contribution in [0.2, 0.25) is 0 Å². The van der Waals surface area contributed by atoms with E-state index in [4.69, 9.17) is 14.6 Å². The number of hydrogen-bond acceptors (Lipinski definition) is 5. The Labute approximate surface area is 118 Å². The largest absolute Gasteiger partial charge is 0.497 e. The molecule has 0 amide bonds. The predicted octanol–water partition coefficient (Wildman–Crippen LogP) is 1.35. The SMILES string of the molecule is CCC(C(=O)O)S(=O)(=O)CCOc1ccc(OC)cc1. The third kappa shape index (κ3) is 4.41. The summed E-state index contributed by atoms with van der Waals surface area (Å²) in [6, 6.07) is 6.69. The van der Waals surface area contributed by atoms with Gasteiger partial charge in [-0.3, -0.25) is 4.79 Å². The molecule has 7 heteroatoms. The van der Waals surface area contributed by atoms with Gasteiger partial charge >= 0.3 is 5.97 Å². The first-order valence-electron chi connectivity index (χ1n) is 6.12. The first-order chi connectivity index (χ1) is 9.40. The normalized spacial score (nSPS) is 12.7. The second kappa shape index (κ2) is 7.14. The van der Waals surface area contributed by atoms with E-state index in [0.717, 1.165) is 0 Å². The lowest BCUT2D eigenvalue weighted by molar-refractivity contribution is -0.136. The van der Waals surface area contributed by atoms with E-state index in [1.54, 1.807) is 31.4 Å². The third-order valence-electron chi connectivity index (χ3n) is 2.78. The summed E-state index contributed by atoms with van der Waals surface area (Å²) in [5, 5.41) is 7.48. The van der Waals surface area contributed by atoms with Gasteiger partial charge in [-0.1, -0.05) is 6.92 Å². The highest BCUT2D eigenvalue weighted by atomic mass is 32.2. The Bertz CT molecular complexity index is 534. The fourth-order valence-corrected chi connectivity index (χ4v) is 3.09. The van der Waals surface area contributed by atoms with Crippen molar-refractivity contribution in [2.75, 3.05) is 19.5 Å². The molecule has 1 atom stereocenters. The Kier molecular flexibility index (Phi) is 5.82. The van der Waals surface area contributed by atoms with E-state index < -0.39 is 21.1 Å². The Balaban J connectivity index is 2.56. The second-order valence-corrected chi connectivity index (χ2v) is 6.43. The number of aliphatic carboxylic acids is 1. The molecule has 0 aromatic heterocycles. The van der Waals surface area contributed by atoms with Crippen LogP contribution in [0.15, 0.2) is 24.3 Å². The lowest BCUT2D eigenvalue weighted by Crippen LogP contribution is -2.33. The third-order valence-corrected chi connectivity index (χ3v) is 4.91. The van der Waals surface area contributed by atoms with Crippen molar-refractivity contribution in [2.45, 2.75) is 18.6 Å². The highest BCUT2D eigenvalue weighted by Crippen LogP contribution is 2.17. The molecule has 1 unspecified atom stereocenters. The molecule has 112 valence electrons. The van der Waals surface area contributed by atoms with Crippen LogP contribution in [-0.2, 0) is 14.6 Å². The number of benzene rings is 1. The molecule has 0 bridgehead atoms. The molecule has 0 saturated heterocycles. The number of ether oxygens (including phenoxy) is 2. The topological polar surface area (TPSA) is 89.9 Å². The Morgan fingerprint density at radius 3 is 2.25 bits per heavy atom. The zero-order valence-corrected chi connectivity index (χ0v) is 12.2. The maximum absolute atomic E-state index is 11.8. The quantitative estimate of drug-likeness (QED) is 0.779. The van der Waals surface area contributed by atoms with E-state index in [9.17, 15) is 13.2 Å². The summed E-state index contributed by atoms with van der Waals surface area (Å²) < 4.78 is 33.9. The number of hydrogen-bond donors (Lipinski definition) is 1. The van der Waals surface area contributed by atoms with Crippen molar-refractivity contribution in [3.63, 3.8) is 0 Å². The second-order valence-electron chi connectivity index (χ2n) is 4.13. The van der Waals surface area contributed by atoms with Gasteiger partial charge in [-0.25, -0.2) is 8.42 Å². The van der Waals surface area contributed by atoms with Gasteiger partial charge in [0.15, 0.2) is 15.1 Å². The highest BCUT2D eigenvalue weighted by molar-refractivity contribution is 7.92. The fourth-order valence-electron chi connectivity index (χ4n) is 1.67. The van der Waals surface area contributed by atoms with Crippen molar-refractivity contribution >= 4 is 15.8 Å². The van der Waals surface area contributed by atoms with E-state index in [1.165, 1.54) is 6.92 Å². The maximum Gasteiger partial charge on any atom is 0.321 e. The van der Waals surface area contributed by atoms with Crippen LogP contribution in [0.1, 0.15) is 13.3 Å². The average molecular weight is 302 g/mol. The van der Waals surface area contributed by atoms with Gasteiger partial charge in [-0.05, 0) is 30.7 Å². The molecular formula is C13H18O6S. The van der Waals surface area contributed by atoms with Gasteiger partial charge in [-0.15, -0.1) is 0 Å². The van der Waals surface area contributed by atoms with Crippen LogP contribution in [0.25, 0.3) is 0 Å². The molecule has 20 heavy (non-hydrogen) atoms. The number of carboxylic acids is 1. The minimum atomic E-state index is -3.70. The molecule has 6 nitrogen and oxygen atoms in total. The van der Waals surface area contributed by atoms with Gasteiger partial charge < -0.3 is 14.6 Å². The zero-order valence-electron chi connectivity index (χ0n) is 11.4. The molecule has 0 fully saturated rings. The van der Waals surface area contributed by atoms with E-state index in [1.807, 2.05) is 0 Å². The minimum absolute atomic E-state index is 0.0419. The standard InChI is InChI=1S/C13H18O6S/c1-3-12(13(14)15)20(16,17)9-8-19-11-6-4-10(18-2)5-7-11/h4-7,12H,3,8-9H2,1-2H3,(H,14,15). The molecule has 0 aliphatic rings. The van der Waals surface area contributed by atoms with Gasteiger partial charge in [-0.2, -0.15) is 0 Å². The van der Waals surface area contributed by atoms with Gasteiger partial charge in [0.1, 0.15) is 18.1 Å². The van der Waals surface area contributed by atoms with Crippen molar-refractivity contribution in [3.8, 4) is 11.5 Å². The molecule has 0 saturated carbocycles. The summed E-state index contributed by atoms with van der Waals surface area (Å²) >= 11 is 0. The Hall–Kier alpha value is -1.76. The summed E-state index contributed by atoms with van der Waals surface area (Å²) in [5.74, 6) is -0.479. The smallest absolute Gasteiger partial charge is 0.321 e. The molecule has 1 N–H and O–H groups in total. The summed E-state index contributed by atoms with van der Waals surface area (Å²) in [6.45, 7) is 1.44. The van der Waals surface area contributed by atoms with Crippen LogP contribution in [0.5, 0.6) is 11.5 Å². The molecule has 1 rings (SSSR count). The van der Waals surface area contributed by atoms with E-state index in [-0.39, 0.29) is 18.8 Å². The Morgan fingerprint density at radius 1 is 1.25 bits per heavy atom. The van der Waals surface area contributed by atoms with Gasteiger partial charge in [0.05, 0.1) is 12.9 Å². The van der Waals surface area contributed by atoms with Crippen LogP contribution in [-0.4, -0.2) is 44.2 Å². The minimum Gasteiger partial charge on any atom is -0.497 e. The van der Waals surface area contributed by atoms with E-state index in [2.05, 4.69) is 0 Å². The monoisotopic (exact) mass is 302 g/mol. The van der Waals surface area contributed by atoms with Crippen molar-refractivity contribution < 1.29 is 27.8 Å². The first-order valence-corrected chi connectivity index (χ1v) is 7.83. The molecule has 0 aliphatic heterocycles. The maximum atomic E-state index is 11.8. The molecule has 1 aromatic carbocycles. The molecule has 0 heterocycles. The van der Waals surface area contributed by atoms with E-state index in [0.29, 0.717) is 11.5 Å². The molecule has 0 aliphatic carbocycles. The average Bonchev–Trinajstić information content (AvgIpc) is 2.39. The summed E-state index contributed by atoms with van der Waals surface area (Å²) in [5.41, 5.74) is 0. The lowest BCUT2D eigenvalue weighted by Gasteiger charge is -2.12. The number of rotatable bonds is 8. The summed E-state index contributed by atoms with van der Waals surface area (Å²) in [6.07, 6.45) is 0.0419. The van der Waals surface area contributed by atoms with Crippen molar-refractivity contribution in [2.24, 2.45) is 0 Å². The predicted molar refractivity (Wildman–Crippen MR) is 74.0 cm³/mol. The number of methoxy groups -OCH3 is 1. The highest BCUT2D eigenvalue weighted by Gasteiger charge is 2.30. The lowest BCUT2D eigenvalue weighted by atomic mass is 10.3. The molecule has 0 radical (unpaired) electrons. The number of carboxylic acid groups (broad SMARTS) is 1. The number of sulfone groups is 1. The van der Waals surface area contributed by atoms with Crippen LogP contribution in [0, 0.1) is 0 Å². The first kappa shape index (κ1) is 16.3. The van der Waals surface area contributed by atoms with Crippen molar-refractivity contribution in [1.29, 1.82) is 0 Å². The van der Waals surface area contributed by atoms with Gasteiger partial charge in [0, 0.05) is 0 Å². The van der Waals surface area contributed by atoms with E-state index >= 15 is 0 Å². The van der Waals surface area contributed by atoms with Crippen LogP contribution >= 0.6 is 0 Å². The zero-order chi connectivity index (χ0) is 15.2. The van der Waals surface area contributed by atoms with Crippen molar-refractivity contribution in [3.05, 3.63) is 24.3 Å². The summed E-state index contributed by atoms with van der Waals surface area (Å²) in [4.78, 5) is 10.8. The van der Waals surface area contributed by atoms with Gasteiger partial charge in [0.2, 0.25) is 0 Å². The fraction of sp³-hybridized carbons (Fsp3) is 0.462. The molecule has 1 aromatic rings. The van der Waals surface area contributed by atoms with Crippen LogP contribution in [0.3, 0.4) is 0 Å². The van der Waals surface area contributed by atoms with Crippen LogP contribution in [0.4, 0.5) is 0 Å². The molecule has 0 spiro atoms. The summed E-state index contributed by atoms with van der Waals surface area (Å²) in [7, 11) is -2.16. The van der Waals surface area contributed by atoms with Gasteiger partial charge in [0.25, 0.3) is 0 Å².